The van der Waals surface area contributed by atoms with Crippen molar-refractivity contribution in [3.05, 3.63) is 66.9 Å². The van der Waals surface area contributed by atoms with Crippen molar-refractivity contribution in [3.8, 4) is 22.6 Å². The molecule has 4 rings (SSSR count). The number of aromatic nitrogens is 4. The lowest BCUT2D eigenvalue weighted by Gasteiger charge is -2.09. The highest BCUT2D eigenvalue weighted by Crippen LogP contribution is 2.28. The second-order valence-electron chi connectivity index (χ2n) is 5.48. The number of nitrogens with zero attached hydrogens (tertiary/aromatic N) is 4. The molecule has 25 heavy (non-hydrogen) atoms. The predicted octanol–water partition coefficient (Wildman–Crippen LogP) is 3.93. The summed E-state index contributed by atoms with van der Waals surface area (Å²) in [5.41, 5.74) is 3.03. The summed E-state index contributed by atoms with van der Waals surface area (Å²) >= 11 is 0. The molecule has 6 heteroatoms. The predicted molar refractivity (Wildman–Crippen MR) is 95.5 cm³/mol. The Labute approximate surface area is 143 Å². The molecule has 0 amide bonds. The highest BCUT2D eigenvalue weighted by molar-refractivity contribution is 5.93. The van der Waals surface area contributed by atoms with E-state index in [1.165, 1.54) is 12.1 Å². The van der Waals surface area contributed by atoms with Crippen molar-refractivity contribution in [1.29, 1.82) is 0 Å². The van der Waals surface area contributed by atoms with Gasteiger partial charge in [0.15, 0.2) is 5.82 Å². The minimum absolute atomic E-state index is 0.267. The van der Waals surface area contributed by atoms with Crippen LogP contribution in [-0.2, 0) is 0 Å². The van der Waals surface area contributed by atoms with Gasteiger partial charge in [0, 0.05) is 24.8 Å². The number of fused-ring (bicyclic) bond motifs is 1. The maximum atomic E-state index is 13.5. The van der Waals surface area contributed by atoms with E-state index in [0.29, 0.717) is 17.3 Å². The van der Waals surface area contributed by atoms with Gasteiger partial charge in [0.1, 0.15) is 17.3 Å². The number of nitrogens with one attached hydrogen (secondary N) is 1. The van der Waals surface area contributed by atoms with Gasteiger partial charge in [0.05, 0.1) is 11.7 Å². The molecule has 0 radical (unpaired) electrons. The van der Waals surface area contributed by atoms with E-state index in [1.54, 1.807) is 24.7 Å². The van der Waals surface area contributed by atoms with Crippen LogP contribution in [0.2, 0.25) is 0 Å². The zero-order valence-corrected chi connectivity index (χ0v) is 13.4. The molecule has 0 aliphatic carbocycles. The lowest BCUT2D eigenvalue weighted by Crippen LogP contribution is -2.00. The summed E-state index contributed by atoms with van der Waals surface area (Å²) < 4.78 is 13.5. The summed E-state index contributed by atoms with van der Waals surface area (Å²) in [5.74, 6) is 0.925. The van der Waals surface area contributed by atoms with Crippen molar-refractivity contribution < 1.29 is 4.39 Å². The van der Waals surface area contributed by atoms with Crippen LogP contribution in [0.5, 0.6) is 0 Å². The summed E-state index contributed by atoms with van der Waals surface area (Å²) in [6.07, 6.45) is 4.83. The third kappa shape index (κ3) is 2.89. The Kier molecular flexibility index (Phi) is 3.78. The Balaban J connectivity index is 1.91. The number of halogens is 1. The van der Waals surface area contributed by atoms with Crippen LogP contribution in [0.25, 0.3) is 33.5 Å². The van der Waals surface area contributed by atoms with Crippen LogP contribution in [0.1, 0.15) is 0 Å². The fourth-order valence-corrected chi connectivity index (χ4v) is 2.70. The molecule has 0 saturated carbocycles. The molecular weight excluding hydrogens is 317 g/mol. The van der Waals surface area contributed by atoms with Crippen molar-refractivity contribution in [1.82, 2.24) is 19.9 Å². The molecule has 0 aliphatic heterocycles. The van der Waals surface area contributed by atoms with Crippen LogP contribution in [0.3, 0.4) is 0 Å². The summed E-state index contributed by atoms with van der Waals surface area (Å²) in [5, 5.41) is 3.97. The Morgan fingerprint density at radius 2 is 1.84 bits per heavy atom. The molecular formula is C19H14FN5. The van der Waals surface area contributed by atoms with Gasteiger partial charge in [-0.3, -0.25) is 4.98 Å². The van der Waals surface area contributed by atoms with Gasteiger partial charge in [-0.1, -0.05) is 18.2 Å². The molecule has 2 aromatic carbocycles. The summed E-state index contributed by atoms with van der Waals surface area (Å²) in [6.45, 7) is 0. The standard InChI is InChI=1S/C19H14FN5/c1-21-18-15-6-5-13(12-3-2-4-14(20)9-12)10-16(15)24-19(25-18)17-11-22-7-8-23-17/h2-11H,1H3,(H,21,24,25). The average molecular weight is 331 g/mol. The zero-order valence-electron chi connectivity index (χ0n) is 13.4. The fourth-order valence-electron chi connectivity index (χ4n) is 2.70. The Bertz CT molecular complexity index is 1050. The van der Waals surface area contributed by atoms with Crippen LogP contribution in [0.4, 0.5) is 10.2 Å². The number of benzene rings is 2. The quantitative estimate of drug-likeness (QED) is 0.616. The van der Waals surface area contributed by atoms with Gasteiger partial charge in [0.25, 0.3) is 0 Å². The molecule has 0 aliphatic rings. The molecule has 2 aromatic heterocycles. The van der Waals surface area contributed by atoms with Crippen LogP contribution in [-0.4, -0.2) is 27.0 Å². The molecule has 0 spiro atoms. The highest BCUT2D eigenvalue weighted by Gasteiger charge is 2.11. The largest absolute Gasteiger partial charge is 0.373 e. The molecule has 1 N–H and O–H groups in total. The summed E-state index contributed by atoms with van der Waals surface area (Å²) in [4.78, 5) is 17.5. The molecule has 2 heterocycles. The van der Waals surface area contributed by atoms with E-state index in [4.69, 9.17) is 0 Å². The van der Waals surface area contributed by atoms with Crippen molar-refractivity contribution >= 4 is 16.7 Å². The van der Waals surface area contributed by atoms with Crippen LogP contribution in [0.15, 0.2) is 61.1 Å². The van der Waals surface area contributed by atoms with Gasteiger partial charge in [-0.2, -0.15) is 0 Å². The van der Waals surface area contributed by atoms with E-state index in [9.17, 15) is 4.39 Å². The van der Waals surface area contributed by atoms with Crippen LogP contribution < -0.4 is 5.32 Å². The van der Waals surface area contributed by atoms with E-state index in [-0.39, 0.29) is 5.82 Å². The topological polar surface area (TPSA) is 63.6 Å². The van der Waals surface area contributed by atoms with Crippen LogP contribution >= 0.6 is 0 Å². The molecule has 0 unspecified atom stereocenters. The van der Waals surface area contributed by atoms with Crippen molar-refractivity contribution in [2.45, 2.75) is 0 Å². The van der Waals surface area contributed by atoms with Crippen LogP contribution in [0, 0.1) is 5.82 Å². The van der Waals surface area contributed by atoms with Crippen molar-refractivity contribution in [3.63, 3.8) is 0 Å². The van der Waals surface area contributed by atoms with Gasteiger partial charge in [-0.15, -0.1) is 0 Å². The number of hydrogen-bond acceptors (Lipinski definition) is 5. The first kappa shape index (κ1) is 15.1. The van der Waals surface area contributed by atoms with Gasteiger partial charge >= 0.3 is 0 Å². The number of rotatable bonds is 3. The van der Waals surface area contributed by atoms with E-state index >= 15 is 0 Å². The molecule has 0 fully saturated rings. The minimum atomic E-state index is -0.267. The average Bonchev–Trinajstić information content (AvgIpc) is 2.67. The second kappa shape index (κ2) is 6.24. The van der Waals surface area contributed by atoms with Crippen molar-refractivity contribution in [2.75, 3.05) is 12.4 Å². The highest BCUT2D eigenvalue weighted by atomic mass is 19.1. The van der Waals surface area contributed by atoms with Gasteiger partial charge < -0.3 is 5.32 Å². The van der Waals surface area contributed by atoms with Gasteiger partial charge in [0.2, 0.25) is 0 Å². The smallest absolute Gasteiger partial charge is 0.182 e. The first-order valence-electron chi connectivity index (χ1n) is 7.76. The third-order valence-electron chi connectivity index (χ3n) is 3.88. The third-order valence-corrected chi connectivity index (χ3v) is 3.88. The fraction of sp³-hybridized carbons (Fsp3) is 0.0526. The Morgan fingerprint density at radius 1 is 0.960 bits per heavy atom. The first-order chi connectivity index (χ1) is 12.2. The van der Waals surface area contributed by atoms with E-state index in [0.717, 1.165) is 22.0 Å². The number of anilines is 1. The van der Waals surface area contributed by atoms with Crippen molar-refractivity contribution in [2.24, 2.45) is 0 Å². The molecule has 4 aromatic rings. The lowest BCUT2D eigenvalue weighted by molar-refractivity contribution is 0.628. The van der Waals surface area contributed by atoms with E-state index in [2.05, 4.69) is 25.3 Å². The lowest BCUT2D eigenvalue weighted by atomic mass is 10.0. The minimum Gasteiger partial charge on any atom is -0.373 e. The maximum Gasteiger partial charge on any atom is 0.182 e. The van der Waals surface area contributed by atoms with E-state index < -0.39 is 0 Å². The maximum absolute atomic E-state index is 13.5. The molecule has 0 saturated heterocycles. The monoisotopic (exact) mass is 331 g/mol. The Morgan fingerprint density at radius 3 is 2.60 bits per heavy atom. The summed E-state index contributed by atoms with van der Waals surface area (Å²) in [6, 6.07) is 12.3. The second-order valence-corrected chi connectivity index (χ2v) is 5.48. The normalized spacial score (nSPS) is 10.8. The SMILES string of the molecule is CNc1nc(-c2cnccn2)nc2cc(-c3cccc(F)c3)ccc12. The Hall–Kier alpha value is -3.41. The first-order valence-corrected chi connectivity index (χ1v) is 7.76. The van der Waals surface area contributed by atoms with E-state index in [1.807, 2.05) is 31.3 Å². The summed E-state index contributed by atoms with van der Waals surface area (Å²) in [7, 11) is 1.81. The number of hydrogen-bond donors (Lipinski definition) is 1. The van der Waals surface area contributed by atoms with Gasteiger partial charge in [-0.05, 0) is 35.4 Å². The molecule has 122 valence electrons. The van der Waals surface area contributed by atoms with Gasteiger partial charge in [-0.25, -0.2) is 19.3 Å². The molecule has 0 atom stereocenters. The molecule has 5 nitrogen and oxygen atoms in total. The zero-order chi connectivity index (χ0) is 17.2. The molecule has 0 bridgehead atoms.